The van der Waals surface area contributed by atoms with Gasteiger partial charge in [-0.15, -0.1) is 0 Å². The van der Waals surface area contributed by atoms with Crippen LogP contribution in [0.2, 0.25) is 0 Å². The maximum atomic E-state index is 7.85. The summed E-state index contributed by atoms with van der Waals surface area (Å²) < 4.78 is 0. The molecule has 1 N–H and O–H groups in total. The largest absolute Gasteiger partial charge is 0.283 e. The standard InChI is InChI=1S/C12H17N3S/c1-9-5-4-6-11-10(9)7-8-15(11)14(2)12(13)16-3/h4-6,13H,7-8H2,1-3H3. The summed E-state index contributed by atoms with van der Waals surface area (Å²) in [5.41, 5.74) is 4.02. The number of hydrogen-bond acceptors (Lipinski definition) is 3. The lowest BCUT2D eigenvalue weighted by atomic mass is 10.1. The Morgan fingerprint density at radius 2 is 2.25 bits per heavy atom. The number of amidine groups is 1. The van der Waals surface area contributed by atoms with Gasteiger partial charge >= 0.3 is 0 Å². The Morgan fingerprint density at radius 1 is 1.50 bits per heavy atom. The van der Waals surface area contributed by atoms with Gasteiger partial charge in [0.1, 0.15) is 0 Å². The third-order valence-corrected chi connectivity index (χ3v) is 3.74. The third kappa shape index (κ3) is 1.78. The lowest BCUT2D eigenvalue weighted by molar-refractivity contribution is 0.476. The van der Waals surface area contributed by atoms with Gasteiger partial charge in [0.05, 0.1) is 5.69 Å². The molecule has 0 aromatic heterocycles. The Morgan fingerprint density at radius 3 is 2.94 bits per heavy atom. The van der Waals surface area contributed by atoms with E-state index in [-0.39, 0.29) is 0 Å². The molecule has 0 atom stereocenters. The van der Waals surface area contributed by atoms with Crippen LogP contribution in [0.3, 0.4) is 0 Å². The first kappa shape index (κ1) is 11.3. The van der Waals surface area contributed by atoms with Gasteiger partial charge in [0.15, 0.2) is 5.17 Å². The number of hydrazine groups is 1. The van der Waals surface area contributed by atoms with E-state index in [1.165, 1.54) is 28.6 Å². The molecule has 4 heteroatoms. The SMILES string of the molecule is CSC(=N)N(C)N1CCc2c(C)cccc21. The quantitative estimate of drug-likeness (QED) is 0.599. The lowest BCUT2D eigenvalue weighted by Gasteiger charge is -2.31. The van der Waals surface area contributed by atoms with Crippen molar-refractivity contribution in [3.05, 3.63) is 29.3 Å². The second kappa shape index (κ2) is 4.37. The van der Waals surface area contributed by atoms with Gasteiger partial charge in [-0.25, -0.2) is 0 Å². The van der Waals surface area contributed by atoms with Crippen molar-refractivity contribution >= 4 is 22.6 Å². The zero-order chi connectivity index (χ0) is 11.7. The first-order chi connectivity index (χ1) is 7.65. The minimum absolute atomic E-state index is 0.578. The van der Waals surface area contributed by atoms with Crippen molar-refractivity contribution in [3.63, 3.8) is 0 Å². The van der Waals surface area contributed by atoms with E-state index in [4.69, 9.17) is 5.41 Å². The molecule has 1 aromatic carbocycles. The van der Waals surface area contributed by atoms with Crippen LogP contribution in [0, 0.1) is 12.3 Å². The highest BCUT2D eigenvalue weighted by molar-refractivity contribution is 8.13. The summed E-state index contributed by atoms with van der Waals surface area (Å²) in [4.78, 5) is 0. The predicted molar refractivity (Wildman–Crippen MR) is 71.2 cm³/mol. The molecule has 0 fully saturated rings. The fourth-order valence-corrected chi connectivity index (χ4v) is 2.51. The Labute approximate surface area is 101 Å². The summed E-state index contributed by atoms with van der Waals surface area (Å²) in [5, 5.41) is 12.5. The molecule has 1 aromatic rings. The average molecular weight is 235 g/mol. The molecular formula is C12H17N3S. The molecule has 1 aliphatic rings. The Bertz CT molecular complexity index is 417. The molecule has 0 amide bonds. The molecule has 1 aliphatic heterocycles. The molecule has 3 nitrogen and oxygen atoms in total. The van der Waals surface area contributed by atoms with Crippen LogP contribution in [-0.2, 0) is 6.42 Å². The fraction of sp³-hybridized carbons (Fsp3) is 0.417. The first-order valence-corrected chi connectivity index (χ1v) is 6.60. The van der Waals surface area contributed by atoms with Crippen LogP contribution in [0.15, 0.2) is 18.2 Å². The van der Waals surface area contributed by atoms with E-state index < -0.39 is 0 Å². The second-order valence-corrected chi connectivity index (χ2v) is 4.77. The number of thioether (sulfide) groups is 1. The molecule has 0 spiro atoms. The number of benzene rings is 1. The highest BCUT2D eigenvalue weighted by Gasteiger charge is 2.24. The van der Waals surface area contributed by atoms with Crippen molar-refractivity contribution in [2.45, 2.75) is 13.3 Å². The molecule has 0 radical (unpaired) electrons. The Hall–Kier alpha value is -1.16. The van der Waals surface area contributed by atoms with Gasteiger partial charge in [-0.1, -0.05) is 23.9 Å². The van der Waals surface area contributed by atoms with Gasteiger partial charge in [-0.3, -0.25) is 15.4 Å². The molecular weight excluding hydrogens is 218 g/mol. The van der Waals surface area contributed by atoms with Crippen molar-refractivity contribution in [1.29, 1.82) is 5.41 Å². The van der Waals surface area contributed by atoms with E-state index in [1.807, 2.05) is 18.3 Å². The van der Waals surface area contributed by atoms with E-state index in [0.717, 1.165) is 13.0 Å². The summed E-state index contributed by atoms with van der Waals surface area (Å²) >= 11 is 1.47. The van der Waals surface area contributed by atoms with Crippen LogP contribution < -0.4 is 5.01 Å². The highest BCUT2D eigenvalue weighted by Crippen LogP contribution is 2.31. The van der Waals surface area contributed by atoms with E-state index in [1.54, 1.807) is 0 Å². The van der Waals surface area contributed by atoms with Crippen molar-refractivity contribution in [1.82, 2.24) is 5.01 Å². The van der Waals surface area contributed by atoms with Crippen molar-refractivity contribution in [3.8, 4) is 0 Å². The van der Waals surface area contributed by atoms with Gasteiger partial charge in [0.2, 0.25) is 0 Å². The number of fused-ring (bicyclic) bond motifs is 1. The van der Waals surface area contributed by atoms with Crippen LogP contribution >= 0.6 is 11.8 Å². The number of anilines is 1. The number of rotatable bonds is 1. The van der Waals surface area contributed by atoms with Gasteiger partial charge < -0.3 is 0 Å². The summed E-state index contributed by atoms with van der Waals surface area (Å²) in [5.74, 6) is 0. The molecule has 2 rings (SSSR count). The van der Waals surface area contributed by atoms with Gasteiger partial charge in [-0.2, -0.15) is 0 Å². The zero-order valence-electron chi connectivity index (χ0n) is 9.95. The van der Waals surface area contributed by atoms with Crippen LogP contribution in [0.5, 0.6) is 0 Å². The highest BCUT2D eigenvalue weighted by atomic mass is 32.2. The van der Waals surface area contributed by atoms with E-state index >= 15 is 0 Å². The normalized spacial score (nSPS) is 13.8. The van der Waals surface area contributed by atoms with Crippen molar-refractivity contribution < 1.29 is 0 Å². The number of nitrogens with one attached hydrogen (secondary N) is 1. The van der Waals surface area contributed by atoms with Crippen molar-refractivity contribution in [2.75, 3.05) is 24.9 Å². The van der Waals surface area contributed by atoms with E-state index in [9.17, 15) is 0 Å². The predicted octanol–water partition coefficient (Wildman–Crippen LogP) is 2.50. The van der Waals surface area contributed by atoms with Crippen LogP contribution in [0.25, 0.3) is 0 Å². The van der Waals surface area contributed by atoms with Crippen LogP contribution in [0.4, 0.5) is 5.69 Å². The maximum absolute atomic E-state index is 7.85. The molecule has 0 saturated carbocycles. The van der Waals surface area contributed by atoms with E-state index in [2.05, 4.69) is 30.1 Å². The number of hydrogen-bond donors (Lipinski definition) is 1. The minimum atomic E-state index is 0.578. The summed E-state index contributed by atoms with van der Waals surface area (Å²) in [6, 6.07) is 6.38. The first-order valence-electron chi connectivity index (χ1n) is 5.37. The summed E-state index contributed by atoms with van der Waals surface area (Å²) in [6.45, 7) is 3.13. The van der Waals surface area contributed by atoms with E-state index in [0.29, 0.717) is 5.17 Å². The van der Waals surface area contributed by atoms with Crippen molar-refractivity contribution in [2.24, 2.45) is 0 Å². The molecule has 0 bridgehead atoms. The van der Waals surface area contributed by atoms with Gasteiger partial charge in [0.25, 0.3) is 0 Å². The molecule has 0 unspecified atom stereocenters. The Balaban J connectivity index is 2.30. The van der Waals surface area contributed by atoms with Crippen LogP contribution in [0.1, 0.15) is 11.1 Å². The number of aryl methyl sites for hydroxylation is 1. The molecule has 16 heavy (non-hydrogen) atoms. The molecule has 86 valence electrons. The van der Waals surface area contributed by atoms with Crippen LogP contribution in [-0.4, -0.2) is 30.0 Å². The topological polar surface area (TPSA) is 30.3 Å². The second-order valence-electron chi connectivity index (χ2n) is 3.98. The van der Waals surface area contributed by atoms with Gasteiger partial charge in [-0.05, 0) is 36.8 Å². The molecule has 0 saturated heterocycles. The monoisotopic (exact) mass is 235 g/mol. The summed E-state index contributed by atoms with van der Waals surface area (Å²) in [6.07, 6.45) is 3.01. The Kier molecular flexibility index (Phi) is 3.10. The zero-order valence-corrected chi connectivity index (χ0v) is 10.8. The van der Waals surface area contributed by atoms with Gasteiger partial charge in [0, 0.05) is 13.6 Å². The summed E-state index contributed by atoms with van der Waals surface area (Å²) in [7, 11) is 1.95. The lowest BCUT2D eigenvalue weighted by Crippen LogP contribution is -2.41. The minimum Gasteiger partial charge on any atom is -0.283 e. The smallest absolute Gasteiger partial charge is 0.174 e. The fourth-order valence-electron chi connectivity index (χ4n) is 2.15. The maximum Gasteiger partial charge on any atom is 0.174 e. The number of nitrogens with zero attached hydrogens (tertiary/aromatic N) is 2. The third-order valence-electron chi connectivity index (χ3n) is 3.09. The molecule has 1 heterocycles. The average Bonchev–Trinajstić information content (AvgIpc) is 2.72. The molecule has 0 aliphatic carbocycles.